The third-order valence-corrected chi connectivity index (χ3v) is 7.61. The van der Waals surface area contributed by atoms with Gasteiger partial charge in [-0.25, -0.2) is 9.97 Å². The standard InChI is InChI=1S/C22H24N6O2S2.2ClH/c1-27-19(17(25-21(27)23)13-5-9-15(29-3)10-6-13)31-32-20-18(26-22(24)28(20)2)14-7-11-16(30-4)12-8-14;;/h5-12H,1-4H3,(H2,23,25)(H2,24,26);2*1H. The number of hydrogen-bond acceptors (Lipinski definition) is 8. The van der Waals surface area contributed by atoms with E-state index >= 15 is 0 Å². The second-order valence-corrected chi connectivity index (χ2v) is 9.10. The fraction of sp³-hybridized carbons (Fsp3) is 0.182. The summed E-state index contributed by atoms with van der Waals surface area (Å²) in [6, 6.07) is 15.5. The molecule has 0 aliphatic carbocycles. The van der Waals surface area contributed by atoms with Crippen LogP contribution in [0.2, 0.25) is 0 Å². The highest BCUT2D eigenvalue weighted by Gasteiger charge is 2.20. The zero-order valence-electron chi connectivity index (χ0n) is 19.0. The Bertz CT molecular complexity index is 1150. The van der Waals surface area contributed by atoms with Crippen molar-refractivity contribution in [2.45, 2.75) is 10.1 Å². The van der Waals surface area contributed by atoms with Crippen LogP contribution in [0.3, 0.4) is 0 Å². The third kappa shape index (κ3) is 5.35. The molecular weight excluding hydrogens is 515 g/mol. The van der Waals surface area contributed by atoms with E-state index < -0.39 is 0 Å². The molecule has 0 aliphatic rings. The molecule has 0 amide bonds. The molecule has 12 heteroatoms. The van der Waals surface area contributed by atoms with E-state index in [0.717, 1.165) is 44.1 Å². The molecule has 0 bridgehead atoms. The van der Waals surface area contributed by atoms with Crippen LogP contribution in [0.15, 0.2) is 58.6 Å². The van der Waals surface area contributed by atoms with Crippen LogP contribution >= 0.6 is 46.4 Å². The largest absolute Gasteiger partial charge is 0.497 e. The van der Waals surface area contributed by atoms with Crippen LogP contribution in [0.5, 0.6) is 11.5 Å². The Balaban J connectivity index is 0.00000204. The van der Waals surface area contributed by atoms with Crippen LogP contribution in [-0.2, 0) is 14.1 Å². The predicted octanol–water partition coefficient (Wildman–Crippen LogP) is 5.31. The monoisotopic (exact) mass is 540 g/mol. The first-order valence-electron chi connectivity index (χ1n) is 9.70. The number of rotatable bonds is 7. The van der Waals surface area contributed by atoms with Gasteiger partial charge in [0.05, 0.1) is 14.2 Å². The fourth-order valence-corrected chi connectivity index (χ4v) is 5.82. The van der Waals surface area contributed by atoms with Gasteiger partial charge in [0.2, 0.25) is 11.9 Å². The van der Waals surface area contributed by atoms with Crippen molar-refractivity contribution in [1.29, 1.82) is 0 Å². The highest BCUT2D eigenvalue weighted by Crippen LogP contribution is 2.46. The minimum atomic E-state index is 0. The third-order valence-electron chi connectivity index (χ3n) is 5.08. The van der Waals surface area contributed by atoms with E-state index in [1.807, 2.05) is 71.8 Å². The molecule has 0 spiro atoms. The molecule has 2 heterocycles. The molecule has 0 fully saturated rings. The number of nitrogen functional groups attached to an aromatic ring is 2. The molecule has 0 atom stereocenters. The zero-order chi connectivity index (χ0) is 22.8. The molecular formula is C22H26Cl2N6O2S2. The Hall–Kier alpha value is -2.66. The van der Waals surface area contributed by atoms with Gasteiger partial charge >= 0.3 is 0 Å². The molecule has 0 saturated carbocycles. The summed E-state index contributed by atoms with van der Waals surface area (Å²) in [6.07, 6.45) is 0. The second kappa shape index (κ2) is 11.7. The van der Waals surface area contributed by atoms with E-state index in [-0.39, 0.29) is 24.8 Å². The number of methoxy groups -OCH3 is 2. The minimum absolute atomic E-state index is 0. The molecule has 182 valence electrons. The van der Waals surface area contributed by atoms with Gasteiger partial charge in [-0.1, -0.05) is 0 Å². The molecule has 4 N–H and O–H groups in total. The first-order valence-corrected chi connectivity index (χ1v) is 11.9. The molecule has 4 rings (SSSR count). The Morgan fingerprint density at radius 3 is 1.26 bits per heavy atom. The lowest BCUT2D eigenvalue weighted by Crippen LogP contribution is -1.98. The number of ether oxygens (including phenoxy) is 2. The highest BCUT2D eigenvalue weighted by atomic mass is 35.5. The molecule has 0 aliphatic heterocycles. The van der Waals surface area contributed by atoms with Crippen molar-refractivity contribution in [3.8, 4) is 34.0 Å². The van der Waals surface area contributed by atoms with E-state index in [4.69, 9.17) is 20.9 Å². The quantitative estimate of drug-likeness (QED) is 0.303. The number of imidazole rings is 2. The molecule has 0 saturated heterocycles. The summed E-state index contributed by atoms with van der Waals surface area (Å²) < 4.78 is 14.3. The normalized spacial score (nSPS) is 10.4. The Kier molecular flexibility index (Phi) is 9.45. The van der Waals surface area contributed by atoms with Crippen molar-refractivity contribution in [3.63, 3.8) is 0 Å². The summed E-state index contributed by atoms with van der Waals surface area (Å²) in [5.41, 5.74) is 15.8. The van der Waals surface area contributed by atoms with Gasteiger partial charge in [-0.3, -0.25) is 0 Å². The minimum Gasteiger partial charge on any atom is -0.497 e. The van der Waals surface area contributed by atoms with Crippen molar-refractivity contribution in [3.05, 3.63) is 48.5 Å². The number of nitrogens with zero attached hydrogens (tertiary/aromatic N) is 4. The summed E-state index contributed by atoms with van der Waals surface area (Å²) in [4.78, 5) is 9.16. The number of hydrogen-bond donors (Lipinski definition) is 2. The lowest BCUT2D eigenvalue weighted by atomic mass is 10.1. The first kappa shape index (κ1) is 27.6. The van der Waals surface area contributed by atoms with Gasteiger partial charge in [0.15, 0.2) is 0 Å². The number of anilines is 2. The lowest BCUT2D eigenvalue weighted by Gasteiger charge is -2.09. The van der Waals surface area contributed by atoms with E-state index in [2.05, 4.69) is 9.97 Å². The van der Waals surface area contributed by atoms with E-state index in [1.165, 1.54) is 0 Å². The summed E-state index contributed by atoms with van der Waals surface area (Å²) in [5.74, 6) is 2.46. The van der Waals surface area contributed by atoms with Gasteiger partial charge in [0.1, 0.15) is 32.9 Å². The van der Waals surface area contributed by atoms with Gasteiger partial charge in [0, 0.05) is 25.2 Å². The van der Waals surface area contributed by atoms with Gasteiger partial charge in [-0.05, 0) is 70.1 Å². The lowest BCUT2D eigenvalue weighted by molar-refractivity contribution is 0.415. The number of halogens is 2. The zero-order valence-corrected chi connectivity index (χ0v) is 22.3. The van der Waals surface area contributed by atoms with Crippen LogP contribution in [0.25, 0.3) is 22.5 Å². The smallest absolute Gasteiger partial charge is 0.201 e. The number of benzene rings is 2. The number of nitrogens with two attached hydrogens (primary N) is 2. The maximum absolute atomic E-state index is 6.14. The second-order valence-electron chi connectivity index (χ2n) is 6.99. The molecule has 0 radical (unpaired) electrons. The molecule has 4 aromatic rings. The van der Waals surface area contributed by atoms with Crippen LogP contribution < -0.4 is 20.9 Å². The van der Waals surface area contributed by atoms with Gasteiger partial charge in [-0.2, -0.15) is 0 Å². The van der Waals surface area contributed by atoms with Crippen LogP contribution in [0.4, 0.5) is 11.9 Å². The topological polar surface area (TPSA) is 106 Å². The molecule has 2 aromatic heterocycles. The first-order chi connectivity index (χ1) is 15.4. The Morgan fingerprint density at radius 2 is 0.971 bits per heavy atom. The van der Waals surface area contributed by atoms with Gasteiger partial charge in [-0.15, -0.1) is 24.8 Å². The SMILES string of the molecule is COc1ccc(-c2nc(N)n(C)c2SSc2c(-c3ccc(OC)cc3)nc(N)n2C)cc1.Cl.Cl. The highest BCUT2D eigenvalue weighted by molar-refractivity contribution is 8.76. The van der Waals surface area contributed by atoms with Crippen molar-refractivity contribution in [2.24, 2.45) is 14.1 Å². The van der Waals surface area contributed by atoms with Crippen LogP contribution in [0.1, 0.15) is 0 Å². The van der Waals surface area contributed by atoms with E-state index in [9.17, 15) is 0 Å². The van der Waals surface area contributed by atoms with Crippen LogP contribution in [-0.4, -0.2) is 33.3 Å². The van der Waals surface area contributed by atoms with E-state index in [1.54, 1.807) is 35.8 Å². The average Bonchev–Trinajstić information content (AvgIpc) is 3.27. The van der Waals surface area contributed by atoms with Gasteiger partial charge in [0.25, 0.3) is 0 Å². The molecule has 2 aromatic carbocycles. The fourth-order valence-electron chi connectivity index (χ4n) is 3.14. The predicted molar refractivity (Wildman–Crippen MR) is 145 cm³/mol. The van der Waals surface area contributed by atoms with E-state index in [0.29, 0.717) is 11.9 Å². The molecule has 34 heavy (non-hydrogen) atoms. The molecule has 0 unspecified atom stereocenters. The number of aromatic nitrogens is 4. The Labute approximate surface area is 218 Å². The Morgan fingerprint density at radius 1 is 0.647 bits per heavy atom. The molecule has 8 nitrogen and oxygen atoms in total. The van der Waals surface area contributed by atoms with Gasteiger partial charge < -0.3 is 30.1 Å². The summed E-state index contributed by atoms with van der Waals surface area (Å²) >= 11 is 0. The maximum Gasteiger partial charge on any atom is 0.201 e. The van der Waals surface area contributed by atoms with Crippen LogP contribution in [0, 0.1) is 0 Å². The summed E-state index contributed by atoms with van der Waals surface area (Å²) in [6.45, 7) is 0. The van der Waals surface area contributed by atoms with Crippen molar-refractivity contribution < 1.29 is 9.47 Å². The average molecular weight is 542 g/mol. The summed E-state index contributed by atoms with van der Waals surface area (Å²) in [7, 11) is 10.2. The summed E-state index contributed by atoms with van der Waals surface area (Å²) in [5, 5.41) is 1.86. The van der Waals surface area contributed by atoms with Crippen molar-refractivity contribution in [2.75, 3.05) is 25.7 Å². The van der Waals surface area contributed by atoms with Crippen molar-refractivity contribution >= 4 is 58.3 Å². The maximum atomic E-state index is 6.14. The van der Waals surface area contributed by atoms with Crippen molar-refractivity contribution in [1.82, 2.24) is 19.1 Å².